The van der Waals surface area contributed by atoms with E-state index in [1.54, 1.807) is 29.3 Å². The molecule has 1 N–H and O–H groups in total. The molecule has 0 aliphatic heterocycles. The molecule has 1 atom stereocenters. The quantitative estimate of drug-likeness (QED) is 0.760. The number of aromatic nitrogens is 2. The van der Waals surface area contributed by atoms with E-state index in [0.29, 0.717) is 12.1 Å². The second-order valence-electron chi connectivity index (χ2n) is 4.74. The molecule has 1 unspecified atom stereocenters. The van der Waals surface area contributed by atoms with Crippen molar-refractivity contribution in [3.05, 3.63) is 76.9 Å². The van der Waals surface area contributed by atoms with Gasteiger partial charge in [-0.25, -0.2) is 0 Å². The molecule has 2 heterocycles. The van der Waals surface area contributed by atoms with Crippen molar-refractivity contribution in [2.45, 2.75) is 6.04 Å². The number of amides is 1. The third-order valence-electron chi connectivity index (χ3n) is 3.26. The largest absolute Gasteiger partial charge is 0.467 e. The van der Waals surface area contributed by atoms with Crippen LogP contribution in [-0.4, -0.2) is 22.2 Å². The number of carbonyl (C=O) groups excluding carboxylic acids is 1. The summed E-state index contributed by atoms with van der Waals surface area (Å²) >= 11 is 3.36. The first-order chi connectivity index (χ1) is 10.7. The molecule has 112 valence electrons. The van der Waals surface area contributed by atoms with Gasteiger partial charge < -0.3 is 9.73 Å². The van der Waals surface area contributed by atoms with E-state index in [9.17, 15) is 4.79 Å². The molecule has 2 aromatic heterocycles. The summed E-state index contributed by atoms with van der Waals surface area (Å²) in [6, 6.07) is 12.6. The number of benzene rings is 1. The molecule has 3 aromatic rings. The van der Waals surface area contributed by atoms with Crippen LogP contribution in [0.4, 0.5) is 0 Å². The second-order valence-corrected chi connectivity index (χ2v) is 5.65. The van der Waals surface area contributed by atoms with Gasteiger partial charge >= 0.3 is 0 Å². The van der Waals surface area contributed by atoms with Crippen LogP contribution in [0.25, 0.3) is 0 Å². The minimum absolute atomic E-state index is 0.134. The van der Waals surface area contributed by atoms with Crippen molar-refractivity contribution in [1.29, 1.82) is 0 Å². The molecule has 0 fully saturated rings. The second kappa shape index (κ2) is 6.62. The Bertz CT molecular complexity index is 704. The first-order valence-electron chi connectivity index (χ1n) is 6.80. The van der Waals surface area contributed by atoms with Gasteiger partial charge in [0, 0.05) is 29.0 Å². The van der Waals surface area contributed by atoms with Crippen LogP contribution in [0, 0.1) is 0 Å². The van der Waals surface area contributed by atoms with Gasteiger partial charge in [0.05, 0.1) is 6.26 Å². The average Bonchev–Trinajstić information content (AvgIpc) is 3.21. The lowest BCUT2D eigenvalue weighted by molar-refractivity contribution is 0.0948. The molecule has 3 rings (SSSR count). The molecular weight excluding hydrogens is 346 g/mol. The van der Waals surface area contributed by atoms with E-state index in [2.05, 4.69) is 26.3 Å². The SMILES string of the molecule is O=C(NCC(c1ccco1)n1cccn1)c1cccc(Br)c1. The van der Waals surface area contributed by atoms with Gasteiger partial charge in [0.1, 0.15) is 11.8 Å². The van der Waals surface area contributed by atoms with Gasteiger partial charge in [-0.15, -0.1) is 0 Å². The molecule has 0 aliphatic carbocycles. The minimum Gasteiger partial charge on any atom is -0.467 e. The molecule has 0 bridgehead atoms. The van der Waals surface area contributed by atoms with Gasteiger partial charge in [-0.05, 0) is 36.4 Å². The highest BCUT2D eigenvalue weighted by molar-refractivity contribution is 9.10. The van der Waals surface area contributed by atoms with E-state index < -0.39 is 0 Å². The lowest BCUT2D eigenvalue weighted by Gasteiger charge is -2.16. The van der Waals surface area contributed by atoms with Crippen LogP contribution in [0.3, 0.4) is 0 Å². The minimum atomic E-state index is -0.180. The number of nitrogens with one attached hydrogen (secondary N) is 1. The van der Waals surface area contributed by atoms with Crippen molar-refractivity contribution < 1.29 is 9.21 Å². The Morgan fingerprint density at radius 1 is 1.32 bits per heavy atom. The van der Waals surface area contributed by atoms with Crippen LogP contribution in [-0.2, 0) is 0 Å². The first kappa shape index (κ1) is 14.6. The highest BCUT2D eigenvalue weighted by Gasteiger charge is 2.18. The van der Waals surface area contributed by atoms with E-state index >= 15 is 0 Å². The van der Waals surface area contributed by atoms with E-state index in [1.165, 1.54) is 0 Å². The first-order valence-corrected chi connectivity index (χ1v) is 7.59. The predicted molar refractivity (Wildman–Crippen MR) is 85.5 cm³/mol. The number of halogens is 1. The maximum absolute atomic E-state index is 12.2. The maximum Gasteiger partial charge on any atom is 0.251 e. The van der Waals surface area contributed by atoms with Crippen molar-refractivity contribution in [2.24, 2.45) is 0 Å². The summed E-state index contributed by atoms with van der Waals surface area (Å²) in [7, 11) is 0. The summed E-state index contributed by atoms with van der Waals surface area (Å²) in [6.07, 6.45) is 5.16. The Labute approximate surface area is 136 Å². The van der Waals surface area contributed by atoms with Crippen LogP contribution in [0.1, 0.15) is 22.2 Å². The molecule has 0 aliphatic rings. The standard InChI is InChI=1S/C16H14BrN3O2/c17-13-5-1-4-12(10-13)16(21)18-11-14(15-6-2-9-22-15)20-8-3-7-19-20/h1-10,14H,11H2,(H,18,21). The van der Waals surface area contributed by atoms with Crippen molar-refractivity contribution in [1.82, 2.24) is 15.1 Å². The Kier molecular flexibility index (Phi) is 4.39. The lowest BCUT2D eigenvalue weighted by atomic mass is 10.2. The Morgan fingerprint density at radius 3 is 2.91 bits per heavy atom. The topological polar surface area (TPSA) is 60.1 Å². The van der Waals surface area contributed by atoms with E-state index in [0.717, 1.165) is 10.2 Å². The van der Waals surface area contributed by atoms with Crippen molar-refractivity contribution >= 4 is 21.8 Å². The van der Waals surface area contributed by atoms with Crippen molar-refractivity contribution in [3.8, 4) is 0 Å². The van der Waals surface area contributed by atoms with Crippen LogP contribution in [0.5, 0.6) is 0 Å². The molecule has 1 aromatic carbocycles. The van der Waals surface area contributed by atoms with Gasteiger partial charge in [0.2, 0.25) is 0 Å². The van der Waals surface area contributed by atoms with Gasteiger partial charge in [-0.1, -0.05) is 22.0 Å². The number of rotatable bonds is 5. The Hall–Kier alpha value is -2.34. The molecule has 0 saturated heterocycles. The molecule has 5 nitrogen and oxygen atoms in total. The van der Waals surface area contributed by atoms with Crippen molar-refractivity contribution in [3.63, 3.8) is 0 Å². The fraction of sp³-hybridized carbons (Fsp3) is 0.125. The summed E-state index contributed by atoms with van der Waals surface area (Å²) in [4.78, 5) is 12.2. The summed E-state index contributed by atoms with van der Waals surface area (Å²) in [5, 5.41) is 7.16. The Balaban J connectivity index is 1.73. The highest BCUT2D eigenvalue weighted by Crippen LogP contribution is 2.17. The number of nitrogens with zero attached hydrogens (tertiary/aromatic N) is 2. The number of carbonyl (C=O) groups is 1. The summed E-state index contributed by atoms with van der Waals surface area (Å²) < 4.78 is 8.09. The predicted octanol–water partition coefficient (Wildman–Crippen LogP) is 3.26. The normalized spacial score (nSPS) is 12.0. The van der Waals surface area contributed by atoms with Gasteiger partial charge in [0.15, 0.2) is 0 Å². The van der Waals surface area contributed by atoms with Gasteiger partial charge in [-0.2, -0.15) is 5.10 Å². The number of hydrogen-bond donors (Lipinski definition) is 1. The molecular formula is C16H14BrN3O2. The number of furan rings is 1. The molecule has 1 amide bonds. The molecule has 22 heavy (non-hydrogen) atoms. The average molecular weight is 360 g/mol. The molecule has 0 spiro atoms. The summed E-state index contributed by atoms with van der Waals surface area (Å²) in [5.41, 5.74) is 0.605. The lowest BCUT2D eigenvalue weighted by Crippen LogP contribution is -2.31. The summed E-state index contributed by atoms with van der Waals surface area (Å²) in [6.45, 7) is 0.389. The zero-order valence-electron chi connectivity index (χ0n) is 11.6. The Morgan fingerprint density at radius 2 is 2.23 bits per heavy atom. The maximum atomic E-state index is 12.2. The van der Waals surface area contributed by atoms with Gasteiger partial charge in [-0.3, -0.25) is 9.48 Å². The number of hydrogen-bond acceptors (Lipinski definition) is 3. The van der Waals surface area contributed by atoms with Crippen molar-refractivity contribution in [2.75, 3.05) is 6.54 Å². The zero-order chi connectivity index (χ0) is 15.4. The smallest absolute Gasteiger partial charge is 0.251 e. The summed E-state index contributed by atoms with van der Waals surface area (Å²) in [5.74, 6) is 0.614. The van der Waals surface area contributed by atoms with E-state index in [-0.39, 0.29) is 11.9 Å². The monoisotopic (exact) mass is 359 g/mol. The fourth-order valence-corrected chi connectivity index (χ4v) is 2.59. The van der Waals surface area contributed by atoms with Crippen LogP contribution >= 0.6 is 15.9 Å². The fourth-order valence-electron chi connectivity index (χ4n) is 2.19. The molecule has 6 heteroatoms. The van der Waals surface area contributed by atoms with E-state index in [4.69, 9.17) is 4.42 Å². The highest BCUT2D eigenvalue weighted by atomic mass is 79.9. The molecule has 0 saturated carbocycles. The van der Waals surface area contributed by atoms with Crippen LogP contribution in [0.15, 0.2) is 70.0 Å². The third kappa shape index (κ3) is 3.28. The van der Waals surface area contributed by atoms with E-state index in [1.807, 2.05) is 36.5 Å². The third-order valence-corrected chi connectivity index (χ3v) is 3.75. The zero-order valence-corrected chi connectivity index (χ0v) is 13.2. The van der Waals surface area contributed by atoms with Crippen LogP contribution < -0.4 is 5.32 Å². The molecule has 0 radical (unpaired) electrons. The van der Waals surface area contributed by atoms with Crippen LogP contribution in [0.2, 0.25) is 0 Å². The van der Waals surface area contributed by atoms with Gasteiger partial charge in [0.25, 0.3) is 5.91 Å².